The number of carbonyl (C=O) groups excluding carboxylic acids is 1. The van der Waals surface area contributed by atoms with Gasteiger partial charge in [-0.1, -0.05) is 67.9 Å². The Morgan fingerprint density at radius 2 is 0.750 bits per heavy atom. The first-order chi connectivity index (χ1) is 60.9. The summed E-state index contributed by atoms with van der Waals surface area (Å²) in [5, 5.41) is 17.7. The SMILES string of the molecule is COCCOCCOCCOCCOCCOCCOCCOCCOCCOCCOCCOCCOCCOCCOCCOCCOCCOCCOCCOCCOCCOCCOCCOCCNC(=O)CCCCCN1C(=CC=Cc2oc3ccc(C(C)(C)C)cc3[n+]2CCCSOOOC)N(CCCCCC(=O)O)c2cc(Cl)c(Cl)cc21. The van der Waals surface area contributed by atoms with E-state index >= 15 is 0 Å². The van der Waals surface area contributed by atoms with Crippen LogP contribution in [0, 0.1) is 0 Å². The van der Waals surface area contributed by atoms with Gasteiger partial charge in [0.25, 0.3) is 5.52 Å². The lowest BCUT2D eigenvalue weighted by atomic mass is 9.87. The van der Waals surface area contributed by atoms with E-state index in [1.807, 2.05) is 30.4 Å². The molecule has 38 heteroatoms. The van der Waals surface area contributed by atoms with Crippen LogP contribution in [-0.2, 0) is 149 Å². The number of allylic oxidation sites excluding steroid dienone is 2. The Morgan fingerprint density at radius 1 is 0.427 bits per heavy atom. The summed E-state index contributed by atoms with van der Waals surface area (Å²) in [5.74, 6) is 1.41. The molecular formula is C86H147Cl2N4O31S+. The van der Waals surface area contributed by atoms with Gasteiger partial charge in [-0.25, -0.2) is 4.89 Å². The maximum Gasteiger partial charge on any atom is 0.374 e. The predicted molar refractivity (Wildman–Crippen MR) is 468 cm³/mol. The highest BCUT2D eigenvalue weighted by Gasteiger charge is 2.32. The maximum absolute atomic E-state index is 12.8. The largest absolute Gasteiger partial charge is 0.481 e. The van der Waals surface area contributed by atoms with Gasteiger partial charge in [0.1, 0.15) is 5.82 Å². The van der Waals surface area contributed by atoms with Crippen LogP contribution in [0.25, 0.3) is 17.2 Å². The zero-order valence-corrected chi connectivity index (χ0v) is 76.8. The minimum Gasteiger partial charge on any atom is -0.481 e. The number of unbranched alkanes of at least 4 members (excludes halogenated alkanes) is 4. The summed E-state index contributed by atoms with van der Waals surface area (Å²) < 4.78 is 146. The number of amides is 1. The van der Waals surface area contributed by atoms with Crippen molar-refractivity contribution in [3.05, 3.63) is 69.8 Å². The van der Waals surface area contributed by atoms with Crippen LogP contribution in [-0.4, -0.2) is 367 Å². The molecule has 0 saturated carbocycles. The number of fused-ring (bicyclic) bond motifs is 2. The number of rotatable bonds is 93. The standard InChI is InChI=1S/C86H146Cl2N4O31S/c1-86(2,3)75-18-19-81-80(72-75)92(23-13-71-124-123-122-97-5)84(121-81)16-12-15-83-90(78-73-76(87)77(88)74-79(78)91(83)22-11-7-9-17-85(94)95)21-10-6-8-14-82(93)89-20-24-98-27-28-100-31-32-102-35-36-104-39-40-106-43-44-108-47-48-110-51-52-112-55-56-114-59-60-116-63-64-118-67-68-120-70-69-119-66-65-117-62-61-115-58-57-113-54-53-111-50-49-109-46-45-107-42-41-105-38-37-103-34-33-101-30-29-99-26-25-96-4/h12,15-16,18-19,72-74H,6-11,13-14,17,20-71H2,1-5H3,(H-,89,93,94,95)/p+1. The molecular weight excluding hydrogens is 1690 g/mol. The number of methoxy groups -OCH3 is 1. The first-order valence-electron chi connectivity index (χ1n) is 43.6. The van der Waals surface area contributed by atoms with Crippen LogP contribution in [0.5, 0.6) is 0 Å². The molecule has 2 heterocycles. The number of oxazole rings is 1. The second-order valence-corrected chi connectivity index (χ2v) is 30.0. The van der Waals surface area contributed by atoms with Gasteiger partial charge in [0, 0.05) is 69.9 Å². The van der Waals surface area contributed by atoms with E-state index in [9.17, 15) is 14.7 Å². The van der Waals surface area contributed by atoms with Crippen molar-refractivity contribution in [1.29, 1.82) is 0 Å². The highest BCUT2D eigenvalue weighted by molar-refractivity contribution is 7.94. The van der Waals surface area contributed by atoms with Gasteiger partial charge in [-0.05, 0) is 67.0 Å². The number of benzene rings is 2. The average molecular weight is 1840 g/mol. The van der Waals surface area contributed by atoms with Crippen LogP contribution < -0.4 is 19.7 Å². The molecule has 0 spiro atoms. The monoisotopic (exact) mass is 1830 g/mol. The number of nitrogens with one attached hydrogen (secondary N) is 1. The number of nitrogens with zero attached hydrogens (tertiary/aromatic N) is 3. The second kappa shape index (κ2) is 80.8. The van der Waals surface area contributed by atoms with E-state index in [0.29, 0.717) is 378 Å². The number of carbonyl (C=O) groups is 2. The zero-order valence-electron chi connectivity index (χ0n) is 74.5. The fraction of sp³-hybridized carbons (Fsp3) is 0.779. The van der Waals surface area contributed by atoms with E-state index < -0.39 is 5.97 Å². The molecule has 35 nitrogen and oxygen atoms in total. The third-order valence-corrected chi connectivity index (χ3v) is 19.1. The third-order valence-electron chi connectivity index (χ3n) is 17.7. The van der Waals surface area contributed by atoms with E-state index in [2.05, 4.69) is 68.6 Å². The fourth-order valence-electron chi connectivity index (χ4n) is 11.4. The fourth-order valence-corrected chi connectivity index (χ4v) is 12.1. The van der Waals surface area contributed by atoms with Crippen LogP contribution >= 0.6 is 35.2 Å². The quantitative estimate of drug-likeness (QED) is 0.0175. The Balaban J connectivity index is 0.829. The van der Waals surface area contributed by atoms with E-state index in [4.69, 9.17) is 146 Å². The lowest BCUT2D eigenvalue weighted by Crippen LogP contribution is -2.35. The van der Waals surface area contributed by atoms with Gasteiger partial charge in [0.15, 0.2) is 6.54 Å². The maximum atomic E-state index is 12.8. The van der Waals surface area contributed by atoms with Gasteiger partial charge < -0.3 is 138 Å². The second-order valence-electron chi connectivity index (χ2n) is 28.4. The van der Waals surface area contributed by atoms with E-state index in [0.717, 1.165) is 72.4 Å². The zero-order chi connectivity index (χ0) is 88.6. The van der Waals surface area contributed by atoms with Gasteiger partial charge in [-0.15, -0.1) is 4.33 Å². The van der Waals surface area contributed by atoms with Crippen molar-refractivity contribution in [2.45, 2.75) is 90.5 Å². The number of aryl methyl sites for hydroxylation is 1. The van der Waals surface area contributed by atoms with Crippen LogP contribution in [0.2, 0.25) is 10.0 Å². The highest BCUT2D eigenvalue weighted by atomic mass is 35.5. The molecule has 4 rings (SSSR count). The van der Waals surface area contributed by atoms with E-state index in [-0.39, 0.29) is 17.7 Å². The van der Waals surface area contributed by atoms with Crippen LogP contribution in [0.4, 0.5) is 11.4 Å². The summed E-state index contributed by atoms with van der Waals surface area (Å²) in [4.78, 5) is 33.2. The van der Waals surface area contributed by atoms with Crippen molar-refractivity contribution in [2.75, 3.05) is 360 Å². The molecule has 0 fully saturated rings. The summed E-state index contributed by atoms with van der Waals surface area (Å²) in [5.41, 5.74) is 4.72. The smallest absolute Gasteiger partial charge is 0.374 e. The molecule has 716 valence electrons. The Kier molecular flexibility index (Phi) is 73.1. The molecule has 3 aromatic rings. The normalized spacial score (nSPS) is 12.8. The minimum atomic E-state index is -0.807. The number of carboxylic acid groups (broad SMARTS) is 1. The van der Waals surface area contributed by atoms with Crippen molar-refractivity contribution in [3.8, 4) is 0 Å². The van der Waals surface area contributed by atoms with Gasteiger partial charge in [-0.2, -0.15) is 4.57 Å². The Labute approximate surface area is 749 Å². The number of halogens is 2. The van der Waals surface area contributed by atoms with Crippen LogP contribution in [0.3, 0.4) is 0 Å². The number of hydrogen-bond donors (Lipinski definition) is 2. The first kappa shape index (κ1) is 112. The molecule has 0 saturated heterocycles. The van der Waals surface area contributed by atoms with Crippen molar-refractivity contribution >= 4 is 75.7 Å². The molecule has 1 aromatic heterocycles. The van der Waals surface area contributed by atoms with Gasteiger partial charge in [0.05, 0.1) is 345 Å². The minimum absolute atomic E-state index is 0.0322. The van der Waals surface area contributed by atoms with Crippen LogP contribution in [0.1, 0.15) is 90.0 Å². The topological polar surface area (TPSA) is 339 Å². The summed E-state index contributed by atoms with van der Waals surface area (Å²) >= 11 is 14.5. The number of hydrogen-bond acceptors (Lipinski definition) is 33. The van der Waals surface area contributed by atoms with Crippen molar-refractivity contribution < 1.29 is 152 Å². The average Bonchev–Trinajstić information content (AvgIpc) is 1.62. The van der Waals surface area contributed by atoms with Gasteiger partial charge >= 0.3 is 11.9 Å². The molecule has 124 heavy (non-hydrogen) atoms. The Bertz CT molecular complexity index is 3060. The lowest BCUT2D eigenvalue weighted by Gasteiger charge is -2.25. The summed E-state index contributed by atoms with van der Waals surface area (Å²) in [6.07, 6.45) is 11.7. The summed E-state index contributed by atoms with van der Waals surface area (Å²) in [6, 6.07) is 10.1. The number of carboxylic acids is 1. The number of aliphatic carboxylic acids is 1. The molecule has 1 aliphatic heterocycles. The first-order valence-corrected chi connectivity index (χ1v) is 45.2. The molecule has 1 aliphatic rings. The number of anilines is 2. The van der Waals surface area contributed by atoms with Crippen molar-refractivity contribution in [1.82, 2.24) is 5.32 Å². The van der Waals surface area contributed by atoms with Gasteiger partial charge in [-0.3, -0.25) is 9.59 Å². The molecule has 0 aliphatic carbocycles. The van der Waals surface area contributed by atoms with E-state index in [1.54, 1.807) is 7.11 Å². The highest BCUT2D eigenvalue weighted by Crippen LogP contribution is 2.46. The molecule has 1 amide bonds. The molecule has 0 radical (unpaired) electrons. The van der Waals surface area contributed by atoms with E-state index in [1.165, 1.54) is 12.7 Å². The third kappa shape index (κ3) is 60.6. The van der Waals surface area contributed by atoms with Crippen LogP contribution in [0.15, 0.2) is 52.7 Å². The molecule has 0 bridgehead atoms. The lowest BCUT2D eigenvalue weighted by molar-refractivity contribution is -0.677. The molecule has 2 aromatic carbocycles. The summed E-state index contributed by atoms with van der Waals surface area (Å²) in [7, 11) is 3.03. The molecule has 2 N–H and O–H groups in total. The molecule has 0 atom stereocenters. The van der Waals surface area contributed by atoms with Crippen molar-refractivity contribution in [3.63, 3.8) is 0 Å². The Hall–Kier alpha value is -4.22. The Morgan fingerprint density at radius 3 is 1.06 bits per heavy atom. The predicted octanol–water partition coefficient (Wildman–Crippen LogP) is 9.40. The van der Waals surface area contributed by atoms with Gasteiger partial charge in [0.2, 0.25) is 11.5 Å². The molecule has 0 unspecified atom stereocenters. The number of aromatic nitrogens is 1. The number of ether oxygens (including phenoxy) is 24. The van der Waals surface area contributed by atoms with Crippen molar-refractivity contribution in [2.24, 2.45) is 0 Å². The summed E-state index contributed by atoms with van der Waals surface area (Å²) in [6.45, 7) is 31.2.